The minimum atomic E-state index is -0.345. The molecule has 1 heterocycles. The maximum atomic E-state index is 12.5. The van der Waals surface area contributed by atoms with Crippen LogP contribution in [0, 0.1) is 5.41 Å². The van der Waals surface area contributed by atoms with Gasteiger partial charge in [-0.15, -0.1) is 12.4 Å². The zero-order chi connectivity index (χ0) is 12.7. The number of piperidine rings is 1. The van der Waals surface area contributed by atoms with E-state index in [-0.39, 0.29) is 23.7 Å². The van der Waals surface area contributed by atoms with Gasteiger partial charge in [-0.1, -0.05) is 0 Å². The minimum absolute atomic E-state index is 0. The van der Waals surface area contributed by atoms with Crippen LogP contribution in [0.5, 0.6) is 0 Å². The van der Waals surface area contributed by atoms with Gasteiger partial charge in [0.05, 0.1) is 18.6 Å². The summed E-state index contributed by atoms with van der Waals surface area (Å²) in [5, 5.41) is 3.28. The third-order valence-electron chi connectivity index (χ3n) is 3.41. The van der Waals surface area contributed by atoms with Crippen LogP contribution in [0.3, 0.4) is 0 Å². The van der Waals surface area contributed by atoms with Crippen LogP contribution in [0.1, 0.15) is 12.8 Å². The number of rotatable bonds is 6. The number of amides is 1. The second-order valence-electron chi connectivity index (χ2n) is 4.68. The zero-order valence-electron chi connectivity index (χ0n) is 11.5. The molecule has 5 nitrogen and oxygen atoms in total. The molecule has 0 bridgehead atoms. The number of ether oxygens (including phenoxy) is 2. The molecule has 0 atom stereocenters. The van der Waals surface area contributed by atoms with Gasteiger partial charge in [0.25, 0.3) is 0 Å². The first kappa shape index (κ1) is 17.6. The molecule has 108 valence electrons. The molecular weight excluding hydrogens is 256 g/mol. The molecule has 1 aliphatic heterocycles. The Morgan fingerprint density at radius 1 is 1.28 bits per heavy atom. The van der Waals surface area contributed by atoms with Crippen molar-refractivity contribution in [1.29, 1.82) is 0 Å². The standard InChI is InChI=1S/C12H24N2O3.ClH/c1-14(8-9-16-2)11(15)12(10-17-3)4-6-13-7-5-12;/h13H,4-10H2,1-3H3;1H. The van der Waals surface area contributed by atoms with Gasteiger partial charge in [-0.3, -0.25) is 4.79 Å². The van der Waals surface area contributed by atoms with Crippen LogP contribution in [0.15, 0.2) is 0 Å². The molecule has 0 aromatic heterocycles. The fourth-order valence-electron chi connectivity index (χ4n) is 2.34. The largest absolute Gasteiger partial charge is 0.384 e. The number of hydrogen-bond acceptors (Lipinski definition) is 4. The summed E-state index contributed by atoms with van der Waals surface area (Å²) in [4.78, 5) is 14.2. The predicted octanol–water partition coefficient (Wildman–Crippen LogP) is 0.529. The molecule has 18 heavy (non-hydrogen) atoms. The monoisotopic (exact) mass is 280 g/mol. The van der Waals surface area contributed by atoms with Crippen LogP contribution < -0.4 is 5.32 Å². The van der Waals surface area contributed by atoms with E-state index in [2.05, 4.69) is 5.32 Å². The molecule has 1 N–H and O–H groups in total. The van der Waals surface area contributed by atoms with Crippen molar-refractivity contribution in [1.82, 2.24) is 10.2 Å². The van der Waals surface area contributed by atoms with Gasteiger partial charge in [0.1, 0.15) is 0 Å². The highest BCUT2D eigenvalue weighted by Gasteiger charge is 2.41. The molecule has 0 spiro atoms. The van der Waals surface area contributed by atoms with Crippen LogP contribution in [-0.4, -0.2) is 64.9 Å². The van der Waals surface area contributed by atoms with Crippen LogP contribution in [0.4, 0.5) is 0 Å². The van der Waals surface area contributed by atoms with Crippen molar-refractivity contribution < 1.29 is 14.3 Å². The van der Waals surface area contributed by atoms with Gasteiger partial charge < -0.3 is 19.7 Å². The summed E-state index contributed by atoms with van der Waals surface area (Å²) in [7, 11) is 5.14. The Labute approximate surface area is 116 Å². The van der Waals surface area contributed by atoms with Gasteiger partial charge in [-0.2, -0.15) is 0 Å². The van der Waals surface area contributed by atoms with Crippen molar-refractivity contribution in [2.75, 3.05) is 54.1 Å². The summed E-state index contributed by atoms with van der Waals surface area (Å²) in [6, 6.07) is 0. The smallest absolute Gasteiger partial charge is 0.231 e. The molecule has 0 aromatic rings. The quantitative estimate of drug-likeness (QED) is 0.771. The first-order valence-corrected chi connectivity index (χ1v) is 6.10. The van der Waals surface area contributed by atoms with Gasteiger partial charge in [-0.05, 0) is 25.9 Å². The Bertz CT molecular complexity index is 240. The van der Waals surface area contributed by atoms with Gasteiger partial charge >= 0.3 is 0 Å². The van der Waals surface area contributed by atoms with Gasteiger partial charge in [0.2, 0.25) is 5.91 Å². The summed E-state index contributed by atoms with van der Waals surface area (Å²) >= 11 is 0. The van der Waals surface area contributed by atoms with Crippen LogP contribution in [0.2, 0.25) is 0 Å². The molecule has 1 amide bonds. The highest BCUT2D eigenvalue weighted by atomic mass is 35.5. The molecule has 0 aliphatic carbocycles. The molecule has 0 radical (unpaired) electrons. The van der Waals surface area contributed by atoms with Crippen molar-refractivity contribution in [3.8, 4) is 0 Å². The lowest BCUT2D eigenvalue weighted by molar-refractivity contribution is -0.146. The highest BCUT2D eigenvalue weighted by Crippen LogP contribution is 2.31. The number of nitrogens with zero attached hydrogens (tertiary/aromatic N) is 1. The minimum Gasteiger partial charge on any atom is -0.384 e. The number of nitrogens with one attached hydrogen (secondary N) is 1. The summed E-state index contributed by atoms with van der Waals surface area (Å²) in [5.41, 5.74) is -0.345. The molecule has 0 saturated carbocycles. The van der Waals surface area contributed by atoms with E-state index in [9.17, 15) is 4.79 Å². The van der Waals surface area contributed by atoms with Crippen molar-refractivity contribution in [2.24, 2.45) is 5.41 Å². The molecule has 0 aromatic carbocycles. The van der Waals surface area contributed by atoms with Crippen LogP contribution in [0.25, 0.3) is 0 Å². The average Bonchev–Trinajstić information content (AvgIpc) is 2.36. The van der Waals surface area contributed by atoms with E-state index >= 15 is 0 Å². The summed E-state index contributed by atoms with van der Waals surface area (Å²) in [6.07, 6.45) is 1.69. The molecule has 1 rings (SSSR count). The average molecular weight is 281 g/mol. The van der Waals surface area contributed by atoms with E-state index in [4.69, 9.17) is 9.47 Å². The van der Waals surface area contributed by atoms with E-state index in [0.717, 1.165) is 25.9 Å². The van der Waals surface area contributed by atoms with E-state index in [1.807, 2.05) is 7.05 Å². The predicted molar refractivity (Wildman–Crippen MR) is 73.2 cm³/mol. The van der Waals surface area contributed by atoms with E-state index in [1.165, 1.54) is 0 Å². The summed E-state index contributed by atoms with van der Waals surface area (Å²) in [6.45, 7) is 3.48. The van der Waals surface area contributed by atoms with Crippen LogP contribution >= 0.6 is 12.4 Å². The number of hydrogen-bond donors (Lipinski definition) is 1. The maximum absolute atomic E-state index is 12.5. The number of carbonyl (C=O) groups is 1. The third-order valence-corrected chi connectivity index (χ3v) is 3.41. The topological polar surface area (TPSA) is 50.8 Å². The number of halogens is 1. The lowest BCUT2D eigenvalue weighted by atomic mass is 9.78. The van der Waals surface area contributed by atoms with Gasteiger partial charge in [0.15, 0.2) is 0 Å². The second kappa shape index (κ2) is 8.69. The van der Waals surface area contributed by atoms with E-state index in [0.29, 0.717) is 19.8 Å². The molecular formula is C12H25ClN2O3. The molecule has 1 aliphatic rings. The Hall–Kier alpha value is -0.360. The first-order chi connectivity index (χ1) is 8.16. The van der Waals surface area contributed by atoms with E-state index < -0.39 is 0 Å². The van der Waals surface area contributed by atoms with Crippen LogP contribution in [-0.2, 0) is 14.3 Å². The summed E-state index contributed by atoms with van der Waals surface area (Å²) < 4.78 is 10.3. The zero-order valence-corrected chi connectivity index (χ0v) is 12.3. The maximum Gasteiger partial charge on any atom is 0.231 e. The number of methoxy groups -OCH3 is 2. The van der Waals surface area contributed by atoms with Gasteiger partial charge in [0, 0.05) is 27.8 Å². The number of carbonyl (C=O) groups excluding carboxylic acids is 1. The first-order valence-electron chi connectivity index (χ1n) is 6.10. The molecule has 6 heteroatoms. The lowest BCUT2D eigenvalue weighted by Crippen LogP contribution is -2.51. The second-order valence-corrected chi connectivity index (χ2v) is 4.68. The van der Waals surface area contributed by atoms with Gasteiger partial charge in [-0.25, -0.2) is 0 Å². The fourth-order valence-corrected chi connectivity index (χ4v) is 2.34. The fraction of sp³-hybridized carbons (Fsp3) is 0.917. The number of likely N-dealkylation sites (N-methyl/N-ethyl adjacent to an activating group) is 1. The molecule has 0 unspecified atom stereocenters. The Morgan fingerprint density at radius 2 is 1.89 bits per heavy atom. The third kappa shape index (κ3) is 4.39. The molecule has 1 saturated heterocycles. The summed E-state index contributed by atoms with van der Waals surface area (Å²) in [5.74, 6) is 0.179. The highest BCUT2D eigenvalue weighted by molar-refractivity contribution is 5.85. The Morgan fingerprint density at radius 3 is 2.39 bits per heavy atom. The Kier molecular flexibility index (Phi) is 8.52. The van der Waals surface area contributed by atoms with E-state index in [1.54, 1.807) is 19.1 Å². The van der Waals surface area contributed by atoms with Crippen molar-refractivity contribution in [3.05, 3.63) is 0 Å². The van der Waals surface area contributed by atoms with Crippen molar-refractivity contribution >= 4 is 18.3 Å². The Balaban J connectivity index is 0.00000289. The van der Waals surface area contributed by atoms with Crippen molar-refractivity contribution in [3.63, 3.8) is 0 Å². The van der Waals surface area contributed by atoms with Crippen molar-refractivity contribution in [2.45, 2.75) is 12.8 Å². The molecule has 1 fully saturated rings. The normalized spacial score (nSPS) is 17.9. The SMILES string of the molecule is COCCN(C)C(=O)C1(COC)CCNCC1.Cl. The lowest BCUT2D eigenvalue weighted by Gasteiger charge is -2.38.